The first-order valence-corrected chi connectivity index (χ1v) is 6.93. The van der Waals surface area contributed by atoms with E-state index in [1.165, 1.54) is 0 Å². The number of nitrogens with one attached hydrogen (secondary N) is 2. The lowest BCUT2D eigenvalue weighted by atomic mass is 10.0. The maximum atomic E-state index is 12.0. The van der Waals surface area contributed by atoms with Gasteiger partial charge in [0.1, 0.15) is 0 Å². The second-order valence-corrected chi connectivity index (χ2v) is 5.78. The van der Waals surface area contributed by atoms with Gasteiger partial charge in [-0.25, -0.2) is 0 Å². The molecule has 0 aromatic heterocycles. The lowest BCUT2D eigenvalue weighted by molar-refractivity contribution is -0.123. The van der Waals surface area contributed by atoms with E-state index < -0.39 is 0 Å². The molecule has 0 spiro atoms. The number of nitrogens with zero attached hydrogens (tertiary/aromatic N) is 1. The quantitative estimate of drug-likeness (QED) is 0.740. The Balaban J connectivity index is 1.78. The summed E-state index contributed by atoms with van der Waals surface area (Å²) in [4.78, 5) is 14.3. The van der Waals surface area contributed by atoms with E-state index >= 15 is 0 Å². The molecule has 2 aliphatic rings. The molecule has 0 unspecified atom stereocenters. The maximum Gasteiger partial charge on any atom is 0.237 e. The smallest absolute Gasteiger partial charge is 0.237 e. The number of rotatable bonds is 4. The molecule has 2 heterocycles. The van der Waals surface area contributed by atoms with Gasteiger partial charge < -0.3 is 15.4 Å². The van der Waals surface area contributed by atoms with Gasteiger partial charge in [0.05, 0.1) is 19.3 Å². The van der Waals surface area contributed by atoms with Crippen molar-refractivity contribution < 1.29 is 9.53 Å². The molecular weight excluding hydrogens is 230 g/mol. The second kappa shape index (κ2) is 5.99. The molecule has 5 nitrogen and oxygen atoms in total. The average molecular weight is 255 g/mol. The van der Waals surface area contributed by atoms with Crippen molar-refractivity contribution >= 4 is 5.91 Å². The third-order valence-electron chi connectivity index (χ3n) is 3.94. The molecule has 0 aromatic carbocycles. The summed E-state index contributed by atoms with van der Waals surface area (Å²) in [5.41, 5.74) is -0.00194. The molecule has 2 aliphatic heterocycles. The van der Waals surface area contributed by atoms with Gasteiger partial charge in [-0.1, -0.05) is 0 Å². The van der Waals surface area contributed by atoms with Crippen LogP contribution in [0.2, 0.25) is 0 Å². The third kappa shape index (κ3) is 3.43. The Labute approximate surface area is 109 Å². The predicted octanol–water partition coefficient (Wildman–Crippen LogP) is -0.0346. The van der Waals surface area contributed by atoms with Crippen LogP contribution < -0.4 is 10.6 Å². The van der Waals surface area contributed by atoms with Gasteiger partial charge in [0.15, 0.2) is 0 Å². The Bertz CT molecular complexity index is 282. The molecule has 104 valence electrons. The van der Waals surface area contributed by atoms with Crippen LogP contribution in [0.15, 0.2) is 0 Å². The zero-order valence-electron chi connectivity index (χ0n) is 11.5. The third-order valence-corrected chi connectivity index (χ3v) is 3.94. The molecule has 2 fully saturated rings. The lowest BCUT2D eigenvalue weighted by Crippen LogP contribution is -2.56. The van der Waals surface area contributed by atoms with Crippen LogP contribution in [-0.4, -0.2) is 61.8 Å². The molecule has 0 bridgehead atoms. The predicted molar refractivity (Wildman–Crippen MR) is 70.5 cm³/mol. The summed E-state index contributed by atoms with van der Waals surface area (Å²) < 4.78 is 5.36. The standard InChI is InChI=1S/C13H25N3O2/c1-13(2,16-6-8-18-9-7-16)10-15-12(17)11-4-3-5-14-11/h11,14H,3-10H2,1-2H3,(H,15,17)/t11-/m0/s1. The second-order valence-electron chi connectivity index (χ2n) is 5.78. The van der Waals surface area contributed by atoms with Crippen LogP contribution in [0.5, 0.6) is 0 Å². The van der Waals surface area contributed by atoms with Crippen molar-refractivity contribution in [1.29, 1.82) is 0 Å². The molecular formula is C13H25N3O2. The maximum absolute atomic E-state index is 12.0. The fraction of sp³-hybridized carbons (Fsp3) is 0.923. The van der Waals surface area contributed by atoms with Crippen molar-refractivity contribution in [3.8, 4) is 0 Å². The van der Waals surface area contributed by atoms with Crippen molar-refractivity contribution in [2.24, 2.45) is 0 Å². The van der Waals surface area contributed by atoms with Crippen LogP contribution in [0.25, 0.3) is 0 Å². The number of hydrogen-bond donors (Lipinski definition) is 2. The molecule has 18 heavy (non-hydrogen) atoms. The van der Waals surface area contributed by atoms with E-state index in [0.29, 0.717) is 6.54 Å². The Hall–Kier alpha value is -0.650. The SMILES string of the molecule is CC(C)(CNC(=O)[C@@H]1CCCN1)N1CCOCC1. The molecule has 0 saturated carbocycles. The van der Waals surface area contributed by atoms with Crippen LogP contribution in [0.3, 0.4) is 0 Å². The van der Waals surface area contributed by atoms with Gasteiger partial charge in [-0.05, 0) is 33.2 Å². The lowest BCUT2D eigenvalue weighted by Gasteiger charge is -2.41. The zero-order chi connectivity index (χ0) is 13.0. The number of carbonyl (C=O) groups is 1. The zero-order valence-corrected chi connectivity index (χ0v) is 11.5. The minimum absolute atomic E-state index is 0.00194. The molecule has 0 aliphatic carbocycles. The van der Waals surface area contributed by atoms with Crippen LogP contribution >= 0.6 is 0 Å². The Kier molecular flexibility index (Phi) is 4.59. The summed E-state index contributed by atoms with van der Waals surface area (Å²) in [5.74, 6) is 0.147. The fourth-order valence-corrected chi connectivity index (χ4v) is 2.62. The average Bonchev–Trinajstić information content (AvgIpc) is 2.91. The molecule has 2 saturated heterocycles. The van der Waals surface area contributed by atoms with Gasteiger partial charge in [0, 0.05) is 25.2 Å². The minimum atomic E-state index is -0.00194. The van der Waals surface area contributed by atoms with Crippen LogP contribution in [0, 0.1) is 0 Å². The van der Waals surface area contributed by atoms with Crippen molar-refractivity contribution in [3.63, 3.8) is 0 Å². The monoisotopic (exact) mass is 255 g/mol. The first kappa shape index (κ1) is 13.8. The molecule has 1 amide bonds. The van der Waals surface area contributed by atoms with E-state index in [4.69, 9.17) is 4.74 Å². The van der Waals surface area contributed by atoms with Gasteiger partial charge >= 0.3 is 0 Å². The normalized spacial score (nSPS) is 26.2. The first-order valence-electron chi connectivity index (χ1n) is 6.93. The van der Waals surface area contributed by atoms with E-state index in [9.17, 15) is 4.79 Å². The Morgan fingerprint density at radius 3 is 2.78 bits per heavy atom. The molecule has 0 radical (unpaired) electrons. The number of ether oxygens (including phenoxy) is 1. The first-order chi connectivity index (χ1) is 8.59. The summed E-state index contributed by atoms with van der Waals surface area (Å²) in [7, 11) is 0. The van der Waals surface area contributed by atoms with E-state index in [1.54, 1.807) is 0 Å². The van der Waals surface area contributed by atoms with Crippen molar-refractivity contribution in [2.75, 3.05) is 39.4 Å². The van der Waals surface area contributed by atoms with E-state index in [1.807, 2.05) is 0 Å². The molecule has 5 heteroatoms. The Morgan fingerprint density at radius 2 is 2.17 bits per heavy atom. The molecule has 0 aromatic rings. The van der Waals surface area contributed by atoms with E-state index in [0.717, 1.165) is 45.7 Å². The number of carbonyl (C=O) groups excluding carboxylic acids is 1. The molecule has 2 rings (SSSR count). The molecule has 2 N–H and O–H groups in total. The highest BCUT2D eigenvalue weighted by Gasteiger charge is 2.30. The van der Waals surface area contributed by atoms with E-state index in [2.05, 4.69) is 29.4 Å². The van der Waals surface area contributed by atoms with E-state index in [-0.39, 0.29) is 17.5 Å². The number of hydrogen-bond acceptors (Lipinski definition) is 4. The summed E-state index contributed by atoms with van der Waals surface area (Å²) in [5, 5.41) is 6.30. The topological polar surface area (TPSA) is 53.6 Å². The van der Waals surface area contributed by atoms with Crippen LogP contribution in [-0.2, 0) is 9.53 Å². The largest absolute Gasteiger partial charge is 0.379 e. The van der Waals surface area contributed by atoms with Gasteiger partial charge in [0.25, 0.3) is 0 Å². The summed E-state index contributed by atoms with van der Waals surface area (Å²) >= 11 is 0. The summed E-state index contributed by atoms with van der Waals surface area (Å²) in [6, 6.07) is 0.0190. The fourth-order valence-electron chi connectivity index (χ4n) is 2.62. The summed E-state index contributed by atoms with van der Waals surface area (Å²) in [6.45, 7) is 9.51. The van der Waals surface area contributed by atoms with Crippen LogP contribution in [0.1, 0.15) is 26.7 Å². The summed E-state index contributed by atoms with van der Waals surface area (Å²) in [6.07, 6.45) is 2.06. The van der Waals surface area contributed by atoms with Gasteiger partial charge in [-0.2, -0.15) is 0 Å². The Morgan fingerprint density at radius 1 is 1.44 bits per heavy atom. The number of amides is 1. The minimum Gasteiger partial charge on any atom is -0.379 e. The highest BCUT2D eigenvalue weighted by molar-refractivity contribution is 5.82. The van der Waals surface area contributed by atoms with Crippen molar-refractivity contribution in [2.45, 2.75) is 38.3 Å². The van der Waals surface area contributed by atoms with Crippen molar-refractivity contribution in [1.82, 2.24) is 15.5 Å². The highest BCUT2D eigenvalue weighted by Crippen LogP contribution is 2.15. The number of morpholine rings is 1. The van der Waals surface area contributed by atoms with Gasteiger partial charge in [0.2, 0.25) is 5.91 Å². The van der Waals surface area contributed by atoms with Crippen molar-refractivity contribution in [3.05, 3.63) is 0 Å². The van der Waals surface area contributed by atoms with Gasteiger partial charge in [-0.15, -0.1) is 0 Å². The van der Waals surface area contributed by atoms with Crippen LogP contribution in [0.4, 0.5) is 0 Å². The van der Waals surface area contributed by atoms with Gasteiger partial charge in [-0.3, -0.25) is 9.69 Å². The highest BCUT2D eigenvalue weighted by atomic mass is 16.5. The molecule has 1 atom stereocenters.